The van der Waals surface area contributed by atoms with Gasteiger partial charge in [-0.3, -0.25) is 19.3 Å². The first kappa shape index (κ1) is 28.9. The van der Waals surface area contributed by atoms with E-state index in [-0.39, 0.29) is 24.1 Å². The van der Waals surface area contributed by atoms with Crippen molar-refractivity contribution in [1.82, 2.24) is 4.90 Å². The van der Waals surface area contributed by atoms with E-state index >= 15 is 0 Å². The fourth-order valence-corrected chi connectivity index (χ4v) is 5.18. The lowest BCUT2D eigenvalue weighted by molar-refractivity contribution is -0.137. The minimum atomic E-state index is -0.394. The van der Waals surface area contributed by atoms with Crippen LogP contribution < -0.4 is 15.4 Å². The molecule has 0 atom stereocenters. The number of benzene rings is 3. The van der Waals surface area contributed by atoms with Gasteiger partial charge in [-0.2, -0.15) is 0 Å². The van der Waals surface area contributed by atoms with Gasteiger partial charge in [0, 0.05) is 37.3 Å². The molecule has 0 saturated heterocycles. The van der Waals surface area contributed by atoms with Crippen LogP contribution in [-0.2, 0) is 25.5 Å². The fraction of sp³-hybridized carbons (Fsp3) is 0.258. The van der Waals surface area contributed by atoms with Crippen molar-refractivity contribution in [2.24, 2.45) is 0 Å². The summed E-state index contributed by atoms with van der Waals surface area (Å²) in [5.74, 6) is -0.269. The van der Waals surface area contributed by atoms with Crippen molar-refractivity contribution in [1.29, 1.82) is 0 Å². The first-order valence-corrected chi connectivity index (χ1v) is 13.8. The number of anilines is 2. The molecule has 208 valence electrons. The Balaban J connectivity index is 1.50. The topological polar surface area (TPSA) is 97.0 Å². The van der Waals surface area contributed by atoms with Crippen molar-refractivity contribution >= 4 is 40.9 Å². The molecule has 0 aromatic heterocycles. The smallest absolute Gasteiger partial charge is 0.278 e. The van der Waals surface area contributed by atoms with Crippen LogP contribution in [0, 0.1) is 6.92 Å². The van der Waals surface area contributed by atoms with Gasteiger partial charge in [-0.05, 0) is 67.3 Å². The highest BCUT2D eigenvalue weighted by Crippen LogP contribution is 2.38. The number of rotatable bonds is 13. The second kappa shape index (κ2) is 13.8. The maximum Gasteiger partial charge on any atom is 0.278 e. The van der Waals surface area contributed by atoms with Crippen LogP contribution in [0.5, 0.6) is 5.75 Å². The van der Waals surface area contributed by atoms with Crippen molar-refractivity contribution in [2.75, 3.05) is 38.0 Å². The molecular formula is C31H33N3O5S. The zero-order chi connectivity index (χ0) is 28.5. The number of hydrogen-bond donors (Lipinski definition) is 2. The van der Waals surface area contributed by atoms with Gasteiger partial charge in [0.2, 0.25) is 5.91 Å². The Morgan fingerprint density at radius 1 is 0.950 bits per heavy atom. The predicted octanol–water partition coefficient (Wildman–Crippen LogP) is 5.40. The van der Waals surface area contributed by atoms with E-state index in [1.807, 2.05) is 67.6 Å². The van der Waals surface area contributed by atoms with Gasteiger partial charge in [-0.15, -0.1) is 0 Å². The monoisotopic (exact) mass is 559 g/mol. The number of ether oxygens (including phenoxy) is 2. The van der Waals surface area contributed by atoms with Crippen molar-refractivity contribution in [3.63, 3.8) is 0 Å². The standard InChI is InChI=1S/C31H33N3O5S/c1-21-10-16-26(39-3)25(20-21)33-28-29(31(37)34(30(28)36)18-7-19-38-2)40-24-14-12-23(13-15-24)32-27(35)17-11-22-8-5-4-6-9-22/h4-6,8-10,12-16,20,33H,7,11,17-19H2,1-3H3,(H,32,35). The highest BCUT2D eigenvalue weighted by atomic mass is 32.2. The molecule has 0 saturated carbocycles. The van der Waals surface area contributed by atoms with E-state index in [0.717, 1.165) is 16.0 Å². The molecule has 1 heterocycles. The predicted molar refractivity (Wildman–Crippen MR) is 157 cm³/mol. The molecule has 4 rings (SSSR count). The van der Waals surface area contributed by atoms with E-state index in [1.54, 1.807) is 26.4 Å². The van der Waals surface area contributed by atoms with Gasteiger partial charge in [-0.1, -0.05) is 48.2 Å². The van der Waals surface area contributed by atoms with Gasteiger partial charge in [0.25, 0.3) is 11.8 Å². The molecule has 3 amide bonds. The van der Waals surface area contributed by atoms with Gasteiger partial charge in [0.1, 0.15) is 16.4 Å². The van der Waals surface area contributed by atoms with Crippen molar-refractivity contribution in [3.8, 4) is 5.75 Å². The fourth-order valence-electron chi connectivity index (χ4n) is 4.23. The zero-order valence-corrected chi connectivity index (χ0v) is 23.7. The Morgan fingerprint density at radius 3 is 2.40 bits per heavy atom. The summed E-state index contributed by atoms with van der Waals surface area (Å²) in [5.41, 5.74) is 3.55. The molecule has 9 heteroatoms. The number of carbonyl (C=O) groups is 3. The van der Waals surface area contributed by atoms with E-state index in [2.05, 4.69) is 10.6 Å². The Labute approximate surface area is 238 Å². The van der Waals surface area contributed by atoms with Crippen LogP contribution in [0.4, 0.5) is 11.4 Å². The molecule has 0 spiro atoms. The second-order valence-electron chi connectivity index (χ2n) is 9.30. The number of nitrogens with one attached hydrogen (secondary N) is 2. The normalized spacial score (nSPS) is 13.1. The Bertz CT molecular complexity index is 1390. The Kier molecular flexibility index (Phi) is 9.99. The summed E-state index contributed by atoms with van der Waals surface area (Å²) in [6, 6.07) is 22.7. The third-order valence-corrected chi connectivity index (χ3v) is 7.40. The van der Waals surface area contributed by atoms with Crippen LogP contribution >= 0.6 is 11.8 Å². The summed E-state index contributed by atoms with van der Waals surface area (Å²) in [6.45, 7) is 2.63. The van der Waals surface area contributed by atoms with Crippen molar-refractivity contribution < 1.29 is 23.9 Å². The molecule has 3 aromatic rings. The zero-order valence-electron chi connectivity index (χ0n) is 22.9. The minimum Gasteiger partial charge on any atom is -0.495 e. The van der Waals surface area contributed by atoms with Gasteiger partial charge >= 0.3 is 0 Å². The molecule has 40 heavy (non-hydrogen) atoms. The highest BCUT2D eigenvalue weighted by Gasteiger charge is 2.39. The largest absolute Gasteiger partial charge is 0.495 e. The third-order valence-electron chi connectivity index (χ3n) is 6.31. The average molecular weight is 560 g/mol. The summed E-state index contributed by atoms with van der Waals surface area (Å²) in [5, 5.41) is 6.09. The lowest BCUT2D eigenvalue weighted by Gasteiger charge is -2.15. The summed E-state index contributed by atoms with van der Waals surface area (Å²) < 4.78 is 10.6. The molecule has 2 N–H and O–H groups in total. The maximum absolute atomic E-state index is 13.4. The van der Waals surface area contributed by atoms with Crippen LogP contribution in [0.2, 0.25) is 0 Å². The van der Waals surface area contributed by atoms with E-state index < -0.39 is 5.91 Å². The molecular weight excluding hydrogens is 526 g/mol. The van der Waals surface area contributed by atoms with Gasteiger partial charge in [-0.25, -0.2) is 0 Å². The number of imide groups is 1. The summed E-state index contributed by atoms with van der Waals surface area (Å²) in [6.07, 6.45) is 1.57. The summed E-state index contributed by atoms with van der Waals surface area (Å²) in [4.78, 5) is 41.5. The number of aryl methyl sites for hydroxylation is 2. The molecule has 1 aliphatic rings. The minimum absolute atomic E-state index is 0.0752. The maximum atomic E-state index is 13.4. The lowest BCUT2D eigenvalue weighted by atomic mass is 10.1. The number of nitrogens with zero attached hydrogens (tertiary/aromatic N) is 1. The number of methoxy groups -OCH3 is 2. The number of hydrogen-bond acceptors (Lipinski definition) is 7. The lowest BCUT2D eigenvalue weighted by Crippen LogP contribution is -2.33. The van der Waals surface area contributed by atoms with Crippen LogP contribution in [0.15, 0.2) is 88.3 Å². The van der Waals surface area contributed by atoms with Crippen LogP contribution in [0.25, 0.3) is 0 Å². The molecule has 0 fully saturated rings. The quantitative estimate of drug-likeness (QED) is 0.214. The van der Waals surface area contributed by atoms with Crippen molar-refractivity contribution in [2.45, 2.75) is 31.1 Å². The Morgan fingerprint density at radius 2 is 1.70 bits per heavy atom. The molecule has 0 radical (unpaired) electrons. The third kappa shape index (κ3) is 7.31. The van der Waals surface area contributed by atoms with Crippen LogP contribution in [0.1, 0.15) is 24.0 Å². The Hall–Kier alpha value is -4.08. The summed E-state index contributed by atoms with van der Waals surface area (Å²) in [7, 11) is 3.14. The van der Waals surface area contributed by atoms with Gasteiger partial charge in [0.15, 0.2) is 0 Å². The SMILES string of the molecule is COCCCN1C(=O)C(Nc2cc(C)ccc2OC)=C(Sc2ccc(NC(=O)CCc3ccccc3)cc2)C1=O. The number of amides is 3. The number of thioether (sulfide) groups is 1. The molecule has 0 aliphatic carbocycles. The molecule has 0 bridgehead atoms. The van der Waals surface area contributed by atoms with Crippen LogP contribution in [0.3, 0.4) is 0 Å². The second-order valence-corrected chi connectivity index (χ2v) is 10.4. The van der Waals surface area contributed by atoms with Gasteiger partial charge < -0.3 is 20.1 Å². The summed E-state index contributed by atoms with van der Waals surface area (Å²) >= 11 is 1.21. The van der Waals surface area contributed by atoms with E-state index in [1.165, 1.54) is 16.7 Å². The van der Waals surface area contributed by atoms with E-state index in [9.17, 15) is 14.4 Å². The molecule has 1 aliphatic heterocycles. The van der Waals surface area contributed by atoms with Gasteiger partial charge in [0.05, 0.1) is 12.8 Å². The molecule has 0 unspecified atom stereocenters. The first-order valence-electron chi connectivity index (χ1n) is 13.0. The van der Waals surface area contributed by atoms with E-state index in [4.69, 9.17) is 9.47 Å². The molecule has 3 aromatic carbocycles. The average Bonchev–Trinajstić information content (AvgIpc) is 3.17. The first-order chi connectivity index (χ1) is 19.4. The van der Waals surface area contributed by atoms with Crippen molar-refractivity contribution in [3.05, 3.63) is 94.5 Å². The molecule has 8 nitrogen and oxygen atoms in total. The highest BCUT2D eigenvalue weighted by molar-refractivity contribution is 8.04. The van der Waals surface area contributed by atoms with E-state index in [0.29, 0.717) is 47.9 Å². The number of carbonyl (C=O) groups excluding carboxylic acids is 3. The van der Waals surface area contributed by atoms with Crippen LogP contribution in [-0.4, -0.2) is 50.0 Å².